The highest BCUT2D eigenvalue weighted by atomic mass is 32.2. The molecule has 1 saturated heterocycles. The second-order valence-electron chi connectivity index (χ2n) is 7.22. The van der Waals surface area contributed by atoms with Crippen molar-refractivity contribution in [3.8, 4) is 0 Å². The van der Waals surface area contributed by atoms with Crippen LogP contribution in [0, 0.1) is 0 Å². The second-order valence-corrected chi connectivity index (χ2v) is 10.6. The van der Waals surface area contributed by atoms with Crippen molar-refractivity contribution < 1.29 is 23.1 Å². The highest BCUT2D eigenvalue weighted by Gasteiger charge is 2.53. The number of hydrogen-bond acceptors (Lipinski definition) is 10. The van der Waals surface area contributed by atoms with Gasteiger partial charge in [0, 0.05) is 18.1 Å². The number of rotatable bonds is 13. The van der Waals surface area contributed by atoms with E-state index in [1.807, 2.05) is 0 Å². The van der Waals surface area contributed by atoms with Crippen molar-refractivity contribution in [1.29, 1.82) is 0 Å². The average Bonchev–Trinajstić information content (AvgIpc) is 3.17. The molecule has 1 amide bonds. The van der Waals surface area contributed by atoms with Crippen molar-refractivity contribution >= 4 is 45.6 Å². The van der Waals surface area contributed by atoms with E-state index in [1.54, 1.807) is 0 Å². The standard InChI is InChI=1S/C16H26N8O5S3/c1-2-3-4-5-18-11-13(25)24-12(15(26)27)10(8-30-14(11)24)9-31-16-20-21-22-23(16)7-6-19-32(17,28)29/h11,14,18-19H,2-9H2,1H3,(H,26,27)(H2,17,28,29)/t11?,14-/m1/s1. The van der Waals surface area contributed by atoms with E-state index in [4.69, 9.17) is 5.14 Å². The number of carboxylic acids is 1. The number of carbonyl (C=O) groups is 2. The first-order valence-electron chi connectivity index (χ1n) is 10.0. The number of fused-ring (bicyclic) bond motifs is 1. The Bertz CT molecular complexity index is 982. The number of nitrogens with one attached hydrogen (secondary N) is 2. The number of amides is 1. The van der Waals surface area contributed by atoms with Gasteiger partial charge < -0.3 is 10.4 Å². The van der Waals surface area contributed by atoms with Crippen molar-refractivity contribution in [1.82, 2.24) is 35.1 Å². The number of hydrogen-bond donors (Lipinski definition) is 4. The van der Waals surface area contributed by atoms with Crippen LogP contribution in [0.4, 0.5) is 0 Å². The van der Waals surface area contributed by atoms with Crippen LogP contribution in [0.1, 0.15) is 26.2 Å². The molecule has 32 heavy (non-hydrogen) atoms. The Morgan fingerprint density at radius 2 is 2.16 bits per heavy atom. The number of tetrazole rings is 1. The maximum Gasteiger partial charge on any atom is 0.352 e. The third kappa shape index (κ3) is 5.99. The number of unbranched alkanes of at least 4 members (excludes halogenated alkanes) is 2. The summed E-state index contributed by atoms with van der Waals surface area (Å²) in [5.41, 5.74) is 0.631. The van der Waals surface area contributed by atoms with E-state index in [-0.39, 0.29) is 41.9 Å². The Labute approximate surface area is 194 Å². The Morgan fingerprint density at radius 1 is 1.38 bits per heavy atom. The van der Waals surface area contributed by atoms with Crippen LogP contribution < -0.4 is 15.2 Å². The maximum atomic E-state index is 12.6. The van der Waals surface area contributed by atoms with E-state index in [2.05, 4.69) is 32.5 Å². The lowest BCUT2D eigenvalue weighted by molar-refractivity contribution is -0.149. The molecule has 1 unspecified atom stereocenters. The summed E-state index contributed by atoms with van der Waals surface area (Å²) in [6.45, 7) is 3.00. The third-order valence-electron chi connectivity index (χ3n) is 4.90. The molecule has 1 fully saturated rings. The number of carbonyl (C=O) groups excluding carboxylic acids is 1. The summed E-state index contributed by atoms with van der Waals surface area (Å²) in [7, 11) is -3.82. The minimum Gasteiger partial charge on any atom is -0.477 e. The lowest BCUT2D eigenvalue weighted by Crippen LogP contribution is -2.70. The number of nitrogens with two attached hydrogens (primary N) is 1. The van der Waals surface area contributed by atoms with E-state index in [9.17, 15) is 23.1 Å². The molecule has 2 atom stereocenters. The highest BCUT2D eigenvalue weighted by Crippen LogP contribution is 2.41. The molecule has 1 aromatic heterocycles. The molecule has 0 aliphatic carbocycles. The van der Waals surface area contributed by atoms with Gasteiger partial charge in [-0.1, -0.05) is 31.5 Å². The van der Waals surface area contributed by atoms with Gasteiger partial charge in [0.25, 0.3) is 10.2 Å². The predicted octanol–water partition coefficient (Wildman–Crippen LogP) is -1.04. The summed E-state index contributed by atoms with van der Waals surface area (Å²) in [4.78, 5) is 26.0. The molecule has 1 aromatic rings. The van der Waals surface area contributed by atoms with Gasteiger partial charge in [0.1, 0.15) is 17.1 Å². The van der Waals surface area contributed by atoms with Gasteiger partial charge in [-0.2, -0.15) is 8.42 Å². The maximum absolute atomic E-state index is 12.6. The van der Waals surface area contributed by atoms with Crippen molar-refractivity contribution in [3.05, 3.63) is 11.3 Å². The quantitative estimate of drug-likeness (QED) is 0.145. The minimum atomic E-state index is -3.82. The molecule has 13 nitrogen and oxygen atoms in total. The number of β-lactam (4-membered cyclic amide) rings is 1. The summed E-state index contributed by atoms with van der Waals surface area (Å²) in [6.07, 6.45) is 3.14. The largest absolute Gasteiger partial charge is 0.477 e. The molecule has 0 bridgehead atoms. The van der Waals surface area contributed by atoms with Crippen LogP contribution in [-0.4, -0.2) is 86.5 Å². The number of nitrogens with zero attached hydrogens (tertiary/aromatic N) is 5. The Morgan fingerprint density at radius 3 is 2.84 bits per heavy atom. The molecular formula is C16H26N8O5S3. The zero-order valence-electron chi connectivity index (χ0n) is 17.4. The van der Waals surface area contributed by atoms with E-state index >= 15 is 0 Å². The molecule has 5 N–H and O–H groups in total. The van der Waals surface area contributed by atoms with Crippen LogP contribution in [0.25, 0.3) is 0 Å². The highest BCUT2D eigenvalue weighted by molar-refractivity contribution is 8.01. The van der Waals surface area contributed by atoms with E-state index in [0.717, 1.165) is 25.8 Å². The van der Waals surface area contributed by atoms with Crippen molar-refractivity contribution in [2.75, 3.05) is 24.6 Å². The molecule has 16 heteroatoms. The topological polar surface area (TPSA) is 185 Å². The van der Waals surface area contributed by atoms with Crippen molar-refractivity contribution in [2.45, 2.75) is 49.3 Å². The summed E-state index contributed by atoms with van der Waals surface area (Å²) in [5.74, 6) is -0.605. The summed E-state index contributed by atoms with van der Waals surface area (Å²) in [5, 5.41) is 29.4. The zero-order chi connectivity index (χ0) is 23.3. The van der Waals surface area contributed by atoms with Crippen molar-refractivity contribution in [3.63, 3.8) is 0 Å². The van der Waals surface area contributed by atoms with Crippen molar-refractivity contribution in [2.24, 2.45) is 5.14 Å². The van der Waals surface area contributed by atoms with Crippen LogP contribution >= 0.6 is 23.5 Å². The second kappa shape index (κ2) is 10.9. The minimum absolute atomic E-state index is 0.00691. The molecule has 0 radical (unpaired) electrons. The van der Waals surface area contributed by atoms with Crippen LogP contribution in [0.3, 0.4) is 0 Å². The molecule has 2 aliphatic heterocycles. The predicted molar refractivity (Wildman–Crippen MR) is 119 cm³/mol. The third-order valence-corrected chi connectivity index (χ3v) is 7.89. The fourth-order valence-corrected chi connectivity index (χ4v) is 6.16. The molecule has 2 aliphatic rings. The summed E-state index contributed by atoms with van der Waals surface area (Å²) in [6, 6.07) is -0.362. The fourth-order valence-electron chi connectivity index (χ4n) is 3.37. The van der Waals surface area contributed by atoms with Gasteiger partial charge in [-0.25, -0.2) is 19.3 Å². The lowest BCUT2D eigenvalue weighted by Gasteiger charge is -2.49. The van der Waals surface area contributed by atoms with E-state index in [0.29, 0.717) is 16.5 Å². The first-order valence-corrected chi connectivity index (χ1v) is 13.6. The van der Waals surface area contributed by atoms with Gasteiger partial charge in [-0.3, -0.25) is 9.69 Å². The summed E-state index contributed by atoms with van der Waals surface area (Å²) < 4.78 is 25.5. The number of thioether (sulfide) groups is 2. The Kier molecular flexibility index (Phi) is 8.51. The molecule has 0 spiro atoms. The molecule has 0 saturated carbocycles. The van der Waals surface area contributed by atoms with Gasteiger partial charge in [0.05, 0.1) is 6.54 Å². The smallest absolute Gasteiger partial charge is 0.352 e. The Balaban J connectivity index is 1.62. The van der Waals surface area contributed by atoms with E-state index < -0.39 is 16.2 Å². The van der Waals surface area contributed by atoms with Gasteiger partial charge in [0.15, 0.2) is 0 Å². The van der Waals surface area contributed by atoms with Gasteiger partial charge in [-0.15, -0.1) is 16.9 Å². The normalized spacial score (nSPS) is 20.9. The number of aliphatic carboxylic acids is 1. The summed E-state index contributed by atoms with van der Waals surface area (Å²) >= 11 is 2.75. The monoisotopic (exact) mass is 506 g/mol. The SMILES string of the molecule is CCCCCNC1C(=O)N2C(C(=O)O)=C(CSc3nnnn3CCNS(N)(=O)=O)CS[C@H]12. The van der Waals surface area contributed by atoms with E-state index in [1.165, 1.54) is 33.1 Å². The van der Waals surface area contributed by atoms with Crippen LogP contribution in [0.15, 0.2) is 16.4 Å². The average molecular weight is 507 g/mol. The zero-order valence-corrected chi connectivity index (χ0v) is 19.9. The first kappa shape index (κ1) is 24.9. The van der Waals surface area contributed by atoms with Gasteiger partial charge >= 0.3 is 5.97 Å². The lowest BCUT2D eigenvalue weighted by atomic mass is 10.0. The van der Waals surface area contributed by atoms with Gasteiger partial charge in [-0.05, 0) is 29.0 Å². The Hall–Kier alpha value is -1.72. The van der Waals surface area contributed by atoms with Gasteiger partial charge in [0.2, 0.25) is 11.1 Å². The van der Waals surface area contributed by atoms with Crippen LogP contribution in [0.2, 0.25) is 0 Å². The molecule has 0 aromatic carbocycles. The first-order chi connectivity index (χ1) is 15.2. The van der Waals surface area contributed by atoms with Crippen LogP contribution in [0.5, 0.6) is 0 Å². The number of carboxylic acid groups (broad SMARTS) is 1. The molecule has 3 rings (SSSR count). The number of aromatic nitrogens is 4. The molecule has 3 heterocycles. The molecular weight excluding hydrogens is 480 g/mol. The molecule has 178 valence electrons. The fraction of sp³-hybridized carbons (Fsp3) is 0.688. The van der Waals surface area contributed by atoms with Crippen LogP contribution in [-0.2, 0) is 26.3 Å².